The van der Waals surface area contributed by atoms with Gasteiger partial charge in [-0.15, -0.1) is 0 Å². The van der Waals surface area contributed by atoms with Crippen LogP contribution in [0, 0.1) is 0 Å². The molecule has 1 aliphatic carbocycles. The second-order valence-electron chi connectivity index (χ2n) is 7.35. The van der Waals surface area contributed by atoms with E-state index >= 15 is 0 Å². The summed E-state index contributed by atoms with van der Waals surface area (Å²) in [4.78, 5) is 15.6. The van der Waals surface area contributed by atoms with Crippen molar-refractivity contribution in [2.45, 2.75) is 69.0 Å². The van der Waals surface area contributed by atoms with Gasteiger partial charge in [-0.25, -0.2) is 22.9 Å². The van der Waals surface area contributed by atoms with Crippen molar-refractivity contribution in [2.24, 2.45) is 0 Å². The number of hydrogen-bond acceptors (Lipinski definition) is 6. The quantitative estimate of drug-likeness (QED) is 0.649. The average molecular weight is 449 g/mol. The molecule has 0 radical (unpaired) electrons. The summed E-state index contributed by atoms with van der Waals surface area (Å²) in [5.74, 6) is -0.0408. The van der Waals surface area contributed by atoms with Crippen molar-refractivity contribution in [2.75, 3.05) is 5.73 Å². The molecule has 1 aromatic rings. The fourth-order valence-electron chi connectivity index (χ4n) is 2.76. The topological polar surface area (TPSA) is 123 Å². The number of carbonyl (C=O) groups excluding carboxylic acids is 1. The van der Waals surface area contributed by atoms with Crippen molar-refractivity contribution >= 4 is 37.9 Å². The smallest absolute Gasteiger partial charge is 0.407 e. The molecule has 10 heteroatoms. The number of amides is 1. The number of nitrogens with zero attached hydrogens (tertiary/aromatic N) is 1. The maximum absolute atomic E-state index is 12.5. The van der Waals surface area contributed by atoms with E-state index in [-0.39, 0.29) is 22.8 Å². The summed E-state index contributed by atoms with van der Waals surface area (Å²) in [6, 6.07) is 1.19. The highest BCUT2D eigenvalue weighted by molar-refractivity contribution is 9.10. The lowest BCUT2D eigenvalue weighted by Crippen LogP contribution is -2.45. The van der Waals surface area contributed by atoms with Crippen LogP contribution in [0.2, 0.25) is 0 Å². The van der Waals surface area contributed by atoms with Crippen LogP contribution in [-0.4, -0.2) is 37.2 Å². The van der Waals surface area contributed by atoms with Gasteiger partial charge in [-0.1, -0.05) is 0 Å². The van der Waals surface area contributed by atoms with Crippen molar-refractivity contribution in [1.29, 1.82) is 0 Å². The van der Waals surface area contributed by atoms with Crippen molar-refractivity contribution in [1.82, 2.24) is 15.0 Å². The molecule has 146 valence electrons. The predicted molar refractivity (Wildman–Crippen MR) is 102 cm³/mol. The lowest BCUT2D eigenvalue weighted by atomic mass is 9.92. The van der Waals surface area contributed by atoms with Crippen LogP contribution >= 0.6 is 15.9 Å². The summed E-state index contributed by atoms with van der Waals surface area (Å²) < 4.78 is 33.6. The van der Waals surface area contributed by atoms with Crippen LogP contribution in [-0.2, 0) is 14.8 Å². The van der Waals surface area contributed by atoms with E-state index in [1.165, 1.54) is 12.3 Å². The number of nitrogens with two attached hydrogens (primary N) is 1. The molecule has 0 spiro atoms. The van der Waals surface area contributed by atoms with Gasteiger partial charge in [-0.05, 0) is 68.5 Å². The Morgan fingerprint density at radius 3 is 2.42 bits per heavy atom. The molecule has 1 heterocycles. The molecule has 2 rings (SSSR count). The van der Waals surface area contributed by atoms with E-state index in [4.69, 9.17) is 10.5 Å². The first kappa shape index (κ1) is 20.9. The highest BCUT2D eigenvalue weighted by Gasteiger charge is 2.28. The Balaban J connectivity index is 1.90. The number of carbonyl (C=O) groups is 1. The molecule has 1 aromatic heterocycles. The summed E-state index contributed by atoms with van der Waals surface area (Å²) in [5, 5.41) is 2.83. The van der Waals surface area contributed by atoms with Gasteiger partial charge < -0.3 is 15.8 Å². The van der Waals surface area contributed by atoms with Crippen LogP contribution in [0.3, 0.4) is 0 Å². The molecule has 0 saturated heterocycles. The molecular weight excluding hydrogens is 424 g/mol. The minimum Gasteiger partial charge on any atom is -0.444 e. The highest BCUT2D eigenvalue weighted by Crippen LogP contribution is 2.24. The van der Waals surface area contributed by atoms with Gasteiger partial charge >= 0.3 is 6.09 Å². The van der Waals surface area contributed by atoms with Crippen LogP contribution in [0.5, 0.6) is 0 Å². The van der Waals surface area contributed by atoms with E-state index < -0.39 is 21.7 Å². The maximum Gasteiger partial charge on any atom is 0.407 e. The molecule has 0 aliphatic heterocycles. The summed E-state index contributed by atoms with van der Waals surface area (Å²) in [7, 11) is -3.76. The molecule has 26 heavy (non-hydrogen) atoms. The van der Waals surface area contributed by atoms with Gasteiger partial charge in [0.1, 0.15) is 16.3 Å². The second-order valence-corrected chi connectivity index (χ2v) is 9.95. The predicted octanol–water partition coefficient (Wildman–Crippen LogP) is 2.54. The van der Waals surface area contributed by atoms with Gasteiger partial charge in [0, 0.05) is 22.8 Å². The van der Waals surface area contributed by atoms with Crippen LogP contribution in [0.1, 0.15) is 46.5 Å². The third kappa shape index (κ3) is 6.10. The molecule has 1 amide bonds. The number of alkyl carbamates (subject to hydrolysis) is 1. The van der Waals surface area contributed by atoms with Crippen LogP contribution < -0.4 is 15.8 Å². The number of ether oxygens (including phenoxy) is 1. The normalized spacial score (nSPS) is 21.2. The van der Waals surface area contributed by atoms with Crippen molar-refractivity contribution in [3.63, 3.8) is 0 Å². The number of rotatable bonds is 4. The largest absolute Gasteiger partial charge is 0.444 e. The third-order valence-electron chi connectivity index (χ3n) is 3.91. The molecule has 8 nitrogen and oxygen atoms in total. The number of pyridine rings is 1. The maximum atomic E-state index is 12.5. The molecule has 1 aliphatic rings. The monoisotopic (exact) mass is 448 g/mol. The number of nitrogen functional groups attached to an aromatic ring is 1. The SMILES string of the molecule is CC(C)(C)OC(=O)NC1CCC(NS(=O)(=O)c2cc(Br)cnc2N)CC1. The van der Waals surface area contributed by atoms with E-state index in [1.54, 1.807) is 20.8 Å². The lowest BCUT2D eigenvalue weighted by molar-refractivity contribution is 0.0490. The van der Waals surface area contributed by atoms with Gasteiger partial charge in [0.25, 0.3) is 0 Å². The van der Waals surface area contributed by atoms with Gasteiger partial charge in [-0.3, -0.25) is 0 Å². The fourth-order valence-corrected chi connectivity index (χ4v) is 4.65. The Kier molecular flexibility index (Phi) is 6.51. The number of nitrogens with one attached hydrogen (secondary N) is 2. The van der Waals surface area contributed by atoms with Crippen LogP contribution in [0.4, 0.5) is 10.6 Å². The summed E-state index contributed by atoms with van der Waals surface area (Å²) in [6.45, 7) is 5.42. The minimum atomic E-state index is -3.76. The van der Waals surface area contributed by atoms with Gasteiger partial charge in [0.05, 0.1) is 0 Å². The zero-order valence-electron chi connectivity index (χ0n) is 15.1. The van der Waals surface area contributed by atoms with Crippen molar-refractivity contribution < 1.29 is 17.9 Å². The highest BCUT2D eigenvalue weighted by atomic mass is 79.9. The molecular formula is C16H25BrN4O4S. The molecule has 1 fully saturated rings. The first-order chi connectivity index (χ1) is 12.0. The lowest BCUT2D eigenvalue weighted by Gasteiger charge is -2.30. The molecule has 4 N–H and O–H groups in total. The Morgan fingerprint density at radius 1 is 1.27 bits per heavy atom. The first-order valence-electron chi connectivity index (χ1n) is 8.39. The summed E-state index contributed by atoms with van der Waals surface area (Å²) >= 11 is 3.20. The van der Waals surface area contributed by atoms with Crippen LogP contribution in [0.25, 0.3) is 0 Å². The van der Waals surface area contributed by atoms with E-state index in [1.807, 2.05) is 0 Å². The Hall–Kier alpha value is -1.39. The van der Waals surface area contributed by atoms with Gasteiger partial charge in [-0.2, -0.15) is 0 Å². The number of sulfonamides is 1. The Bertz CT molecular complexity index is 756. The van der Waals surface area contributed by atoms with Crippen molar-refractivity contribution in [3.05, 3.63) is 16.7 Å². The molecule has 0 aromatic carbocycles. The average Bonchev–Trinajstić information content (AvgIpc) is 2.49. The van der Waals surface area contributed by atoms with E-state index in [0.29, 0.717) is 30.2 Å². The number of hydrogen-bond donors (Lipinski definition) is 3. The number of halogens is 1. The van der Waals surface area contributed by atoms with E-state index in [9.17, 15) is 13.2 Å². The zero-order chi connectivity index (χ0) is 19.5. The minimum absolute atomic E-state index is 0.0248. The van der Waals surface area contributed by atoms with E-state index in [2.05, 4.69) is 31.0 Å². The standard InChI is InChI=1S/C16H25BrN4O4S/c1-16(2,3)25-15(22)20-11-4-6-12(7-5-11)21-26(23,24)13-8-10(17)9-19-14(13)18/h8-9,11-12,21H,4-7H2,1-3H3,(H2,18,19)(H,20,22). The Labute approximate surface area is 162 Å². The summed E-state index contributed by atoms with van der Waals surface area (Å²) in [5.41, 5.74) is 5.15. The number of aromatic nitrogens is 1. The zero-order valence-corrected chi connectivity index (χ0v) is 17.5. The molecule has 1 saturated carbocycles. The van der Waals surface area contributed by atoms with E-state index in [0.717, 1.165) is 0 Å². The molecule has 0 atom stereocenters. The molecule has 0 bridgehead atoms. The second kappa shape index (κ2) is 8.10. The summed E-state index contributed by atoms with van der Waals surface area (Å²) in [6.07, 6.45) is 3.55. The van der Waals surface area contributed by atoms with Gasteiger partial charge in [0.15, 0.2) is 0 Å². The first-order valence-corrected chi connectivity index (χ1v) is 10.7. The van der Waals surface area contributed by atoms with Crippen LogP contribution in [0.15, 0.2) is 21.6 Å². The third-order valence-corrected chi connectivity index (χ3v) is 5.89. The van der Waals surface area contributed by atoms with Gasteiger partial charge in [0.2, 0.25) is 10.0 Å². The fraction of sp³-hybridized carbons (Fsp3) is 0.625. The van der Waals surface area contributed by atoms with Crippen molar-refractivity contribution in [3.8, 4) is 0 Å². The Morgan fingerprint density at radius 2 is 1.85 bits per heavy atom. The molecule has 0 unspecified atom stereocenters. The number of anilines is 1.